The summed E-state index contributed by atoms with van der Waals surface area (Å²) in [5.74, 6) is 0.565. The molecule has 0 radical (unpaired) electrons. The van der Waals surface area contributed by atoms with Crippen LogP contribution in [0.1, 0.15) is 11.1 Å². The van der Waals surface area contributed by atoms with Gasteiger partial charge in [-0.2, -0.15) is 4.31 Å². The molecule has 3 aromatic rings. The van der Waals surface area contributed by atoms with Crippen molar-refractivity contribution in [2.45, 2.75) is 18.4 Å². The van der Waals surface area contributed by atoms with E-state index in [0.29, 0.717) is 31.2 Å². The Balaban J connectivity index is 1.50. The fourth-order valence-electron chi connectivity index (χ4n) is 4.33. The van der Waals surface area contributed by atoms with E-state index in [0.717, 1.165) is 22.6 Å². The van der Waals surface area contributed by atoms with Gasteiger partial charge in [0.1, 0.15) is 5.75 Å². The lowest BCUT2D eigenvalue weighted by atomic mass is 10.1. The van der Waals surface area contributed by atoms with Gasteiger partial charge in [-0.3, -0.25) is 4.79 Å². The maximum atomic E-state index is 13.5. The van der Waals surface area contributed by atoms with Gasteiger partial charge >= 0.3 is 0 Å². The molecular formula is C27H30ClN3O4S. The van der Waals surface area contributed by atoms with Crippen molar-refractivity contribution in [2.75, 3.05) is 44.7 Å². The molecule has 0 aromatic heterocycles. The number of piperazine rings is 1. The standard InChI is InChI=1S/C27H30ClN3O4S/c1-21-6-5-7-22(18-21)19-31(36(33,34)24-12-10-23(28)11-13-24)20-27(32)30-16-14-29(15-17-30)25-8-3-4-9-26(25)35-2/h3-13,18H,14-17,19-20H2,1-2H3. The van der Waals surface area contributed by atoms with Crippen LogP contribution in [0.15, 0.2) is 77.7 Å². The zero-order valence-corrected chi connectivity index (χ0v) is 22.0. The summed E-state index contributed by atoms with van der Waals surface area (Å²) in [5.41, 5.74) is 2.83. The molecule has 190 valence electrons. The average Bonchev–Trinajstić information content (AvgIpc) is 2.88. The van der Waals surface area contributed by atoms with E-state index in [1.54, 1.807) is 12.0 Å². The van der Waals surface area contributed by atoms with Crippen molar-refractivity contribution >= 4 is 33.2 Å². The molecule has 0 atom stereocenters. The summed E-state index contributed by atoms with van der Waals surface area (Å²) in [6.45, 7) is 4.06. The highest BCUT2D eigenvalue weighted by Crippen LogP contribution is 2.28. The molecule has 0 spiro atoms. The predicted octanol–water partition coefficient (Wildman–Crippen LogP) is 4.20. The number of amides is 1. The monoisotopic (exact) mass is 527 g/mol. The second kappa shape index (κ2) is 11.3. The molecule has 1 aliphatic rings. The molecule has 9 heteroatoms. The number of para-hydroxylation sites is 2. The minimum atomic E-state index is -3.93. The third-order valence-corrected chi connectivity index (χ3v) is 8.32. The summed E-state index contributed by atoms with van der Waals surface area (Å²) in [5, 5.41) is 0.447. The van der Waals surface area contributed by atoms with E-state index in [1.165, 1.54) is 28.6 Å². The molecule has 1 fully saturated rings. The van der Waals surface area contributed by atoms with Crippen LogP contribution in [0, 0.1) is 6.92 Å². The topological polar surface area (TPSA) is 70.2 Å². The van der Waals surface area contributed by atoms with Gasteiger partial charge in [0, 0.05) is 37.7 Å². The lowest BCUT2D eigenvalue weighted by Crippen LogP contribution is -2.51. The molecule has 1 amide bonds. The molecule has 0 bridgehead atoms. The zero-order chi connectivity index (χ0) is 25.7. The van der Waals surface area contributed by atoms with E-state index in [1.807, 2.05) is 55.5 Å². The number of methoxy groups -OCH3 is 1. The van der Waals surface area contributed by atoms with Crippen LogP contribution < -0.4 is 9.64 Å². The molecule has 1 saturated heterocycles. The van der Waals surface area contributed by atoms with Crippen LogP contribution in [0.25, 0.3) is 0 Å². The molecule has 1 aliphatic heterocycles. The number of carbonyl (C=O) groups excluding carboxylic acids is 1. The Bertz CT molecular complexity index is 1310. The fraction of sp³-hybridized carbons (Fsp3) is 0.296. The van der Waals surface area contributed by atoms with E-state index in [4.69, 9.17) is 16.3 Å². The number of anilines is 1. The van der Waals surface area contributed by atoms with Crippen LogP contribution in [-0.4, -0.2) is 63.4 Å². The van der Waals surface area contributed by atoms with Gasteiger partial charge in [0.25, 0.3) is 0 Å². The summed E-state index contributed by atoms with van der Waals surface area (Å²) in [7, 11) is -2.28. The molecule has 7 nitrogen and oxygen atoms in total. The maximum absolute atomic E-state index is 13.5. The van der Waals surface area contributed by atoms with Gasteiger partial charge in [-0.15, -0.1) is 0 Å². The first kappa shape index (κ1) is 26.0. The largest absolute Gasteiger partial charge is 0.495 e. The quantitative estimate of drug-likeness (QED) is 0.439. The Hall–Kier alpha value is -3.07. The van der Waals surface area contributed by atoms with Gasteiger partial charge in [0.05, 0.1) is 24.2 Å². The number of hydrogen-bond donors (Lipinski definition) is 0. The highest BCUT2D eigenvalue weighted by Gasteiger charge is 2.30. The number of carbonyl (C=O) groups is 1. The Morgan fingerprint density at radius 2 is 1.67 bits per heavy atom. The number of hydrogen-bond acceptors (Lipinski definition) is 5. The molecule has 1 heterocycles. The van der Waals surface area contributed by atoms with Crippen LogP contribution >= 0.6 is 11.6 Å². The van der Waals surface area contributed by atoms with Gasteiger partial charge in [-0.1, -0.05) is 53.6 Å². The zero-order valence-electron chi connectivity index (χ0n) is 20.4. The van der Waals surface area contributed by atoms with Crippen molar-refractivity contribution in [2.24, 2.45) is 0 Å². The molecule has 36 heavy (non-hydrogen) atoms. The van der Waals surface area contributed by atoms with Crippen LogP contribution in [0.2, 0.25) is 5.02 Å². The van der Waals surface area contributed by atoms with Crippen molar-refractivity contribution in [3.05, 3.63) is 88.9 Å². The number of aryl methyl sites for hydroxylation is 1. The molecule has 0 saturated carbocycles. The van der Waals surface area contributed by atoms with E-state index in [-0.39, 0.29) is 23.9 Å². The minimum absolute atomic E-state index is 0.0968. The Morgan fingerprint density at radius 1 is 0.972 bits per heavy atom. The molecule has 0 aliphatic carbocycles. The summed E-state index contributed by atoms with van der Waals surface area (Å²) in [6, 6.07) is 21.5. The Labute approximate surface area is 217 Å². The van der Waals surface area contributed by atoms with Crippen LogP contribution in [0.4, 0.5) is 5.69 Å². The van der Waals surface area contributed by atoms with Gasteiger partial charge < -0.3 is 14.5 Å². The second-order valence-corrected chi connectivity index (χ2v) is 11.1. The van der Waals surface area contributed by atoms with Crippen molar-refractivity contribution in [1.82, 2.24) is 9.21 Å². The number of halogens is 1. The number of rotatable bonds is 8. The lowest BCUT2D eigenvalue weighted by molar-refractivity contribution is -0.131. The molecule has 4 rings (SSSR count). The van der Waals surface area contributed by atoms with Gasteiger partial charge in [-0.05, 0) is 48.9 Å². The van der Waals surface area contributed by atoms with E-state index in [9.17, 15) is 13.2 Å². The van der Waals surface area contributed by atoms with Crippen LogP contribution in [-0.2, 0) is 21.4 Å². The molecule has 0 unspecified atom stereocenters. The number of nitrogens with zero attached hydrogens (tertiary/aromatic N) is 3. The Kier molecular flexibility index (Phi) is 8.18. The third kappa shape index (κ3) is 6.00. The molecule has 0 N–H and O–H groups in total. The summed E-state index contributed by atoms with van der Waals surface area (Å²) >= 11 is 5.97. The predicted molar refractivity (Wildman–Crippen MR) is 142 cm³/mol. The van der Waals surface area contributed by atoms with Crippen molar-refractivity contribution in [1.29, 1.82) is 0 Å². The summed E-state index contributed by atoms with van der Waals surface area (Å²) in [6.07, 6.45) is 0. The number of benzene rings is 3. The first-order valence-corrected chi connectivity index (χ1v) is 13.6. The maximum Gasteiger partial charge on any atom is 0.243 e. The van der Waals surface area contributed by atoms with Gasteiger partial charge in [0.15, 0.2) is 0 Å². The van der Waals surface area contributed by atoms with Crippen LogP contribution in [0.5, 0.6) is 5.75 Å². The highest BCUT2D eigenvalue weighted by molar-refractivity contribution is 7.89. The molecular weight excluding hydrogens is 498 g/mol. The Morgan fingerprint density at radius 3 is 2.33 bits per heavy atom. The first-order valence-electron chi connectivity index (χ1n) is 11.7. The third-order valence-electron chi connectivity index (χ3n) is 6.26. The second-order valence-electron chi connectivity index (χ2n) is 8.76. The van der Waals surface area contributed by atoms with E-state index in [2.05, 4.69) is 4.90 Å². The van der Waals surface area contributed by atoms with Gasteiger partial charge in [-0.25, -0.2) is 8.42 Å². The van der Waals surface area contributed by atoms with Crippen LogP contribution in [0.3, 0.4) is 0 Å². The summed E-state index contributed by atoms with van der Waals surface area (Å²) < 4.78 is 33.8. The minimum Gasteiger partial charge on any atom is -0.495 e. The van der Waals surface area contributed by atoms with Crippen molar-refractivity contribution < 1.29 is 17.9 Å². The van der Waals surface area contributed by atoms with Crippen molar-refractivity contribution in [3.8, 4) is 5.75 Å². The highest BCUT2D eigenvalue weighted by atomic mass is 35.5. The van der Waals surface area contributed by atoms with E-state index >= 15 is 0 Å². The van der Waals surface area contributed by atoms with Gasteiger partial charge in [0.2, 0.25) is 15.9 Å². The SMILES string of the molecule is COc1ccccc1N1CCN(C(=O)CN(Cc2cccc(C)c2)S(=O)(=O)c2ccc(Cl)cc2)CC1. The fourth-order valence-corrected chi connectivity index (χ4v) is 5.84. The van der Waals surface area contributed by atoms with E-state index < -0.39 is 10.0 Å². The normalized spacial score (nSPS) is 14.2. The number of sulfonamides is 1. The lowest BCUT2D eigenvalue weighted by Gasteiger charge is -2.37. The number of ether oxygens (including phenoxy) is 1. The first-order chi connectivity index (χ1) is 17.3. The smallest absolute Gasteiger partial charge is 0.243 e. The molecule has 3 aromatic carbocycles. The van der Waals surface area contributed by atoms with Crippen molar-refractivity contribution in [3.63, 3.8) is 0 Å². The summed E-state index contributed by atoms with van der Waals surface area (Å²) in [4.78, 5) is 17.3. The average molecular weight is 528 g/mol.